The summed E-state index contributed by atoms with van der Waals surface area (Å²) in [5, 5.41) is 9.55. The van der Waals surface area contributed by atoms with E-state index in [4.69, 9.17) is 26.2 Å². The smallest absolute Gasteiger partial charge is 0.304 e. The van der Waals surface area contributed by atoms with Gasteiger partial charge in [-0.3, -0.25) is 4.79 Å². The van der Waals surface area contributed by atoms with Crippen LogP contribution in [0.25, 0.3) is 0 Å². The van der Waals surface area contributed by atoms with Crippen LogP contribution >= 0.6 is 11.6 Å². The van der Waals surface area contributed by atoms with Gasteiger partial charge in [-0.2, -0.15) is 0 Å². The predicted molar refractivity (Wildman–Crippen MR) is 72.5 cm³/mol. The summed E-state index contributed by atoms with van der Waals surface area (Å²) >= 11 is 6.30. The normalized spacial score (nSPS) is 16.0. The Morgan fingerprint density at radius 1 is 1.42 bits per heavy atom. The topological polar surface area (TPSA) is 55.8 Å². The zero-order valence-electron chi connectivity index (χ0n) is 11.2. The van der Waals surface area contributed by atoms with Crippen LogP contribution in [0, 0.1) is 6.92 Å². The van der Waals surface area contributed by atoms with Crippen molar-refractivity contribution in [1.82, 2.24) is 0 Å². The molecular weight excluding hydrogens is 268 g/mol. The second kappa shape index (κ2) is 4.93. The van der Waals surface area contributed by atoms with Gasteiger partial charge in [-0.05, 0) is 25.8 Å². The average molecular weight is 285 g/mol. The van der Waals surface area contributed by atoms with Gasteiger partial charge in [-0.15, -0.1) is 0 Å². The predicted octanol–water partition coefficient (Wildman–Crippen LogP) is 3.17. The van der Waals surface area contributed by atoms with Gasteiger partial charge in [0.1, 0.15) is 11.5 Å². The fraction of sp³-hybridized carbons (Fsp3) is 0.500. The molecule has 0 heterocycles. The van der Waals surface area contributed by atoms with Crippen molar-refractivity contribution in [2.24, 2.45) is 0 Å². The number of hydrogen-bond acceptors (Lipinski definition) is 3. The number of halogens is 1. The van der Waals surface area contributed by atoms with Crippen LogP contribution in [0.1, 0.15) is 30.4 Å². The van der Waals surface area contributed by atoms with Gasteiger partial charge in [-0.1, -0.05) is 11.6 Å². The Labute approximate surface area is 117 Å². The van der Waals surface area contributed by atoms with Gasteiger partial charge in [0, 0.05) is 16.5 Å². The second-order valence-corrected chi connectivity index (χ2v) is 5.33. The highest BCUT2D eigenvalue weighted by Gasteiger charge is 2.48. The van der Waals surface area contributed by atoms with Crippen LogP contribution in [0.2, 0.25) is 5.02 Å². The summed E-state index contributed by atoms with van der Waals surface area (Å²) in [6.45, 7) is 1.85. The van der Waals surface area contributed by atoms with E-state index in [0.29, 0.717) is 16.5 Å². The summed E-state index contributed by atoms with van der Waals surface area (Å²) in [6.07, 6.45) is 1.75. The lowest BCUT2D eigenvalue weighted by atomic mass is 9.90. The quantitative estimate of drug-likeness (QED) is 0.902. The number of methoxy groups -OCH3 is 2. The number of benzene rings is 1. The van der Waals surface area contributed by atoms with Crippen molar-refractivity contribution >= 4 is 17.6 Å². The molecule has 4 nitrogen and oxygen atoms in total. The maximum Gasteiger partial charge on any atom is 0.304 e. The maximum absolute atomic E-state index is 11.0. The minimum absolute atomic E-state index is 0.0892. The van der Waals surface area contributed by atoms with Crippen molar-refractivity contribution in [2.75, 3.05) is 14.2 Å². The molecule has 1 aliphatic rings. The average Bonchev–Trinajstić information content (AvgIpc) is 3.12. The molecule has 0 aliphatic heterocycles. The van der Waals surface area contributed by atoms with Crippen molar-refractivity contribution < 1.29 is 19.4 Å². The molecule has 0 unspecified atom stereocenters. The minimum atomic E-state index is -0.810. The molecule has 0 radical (unpaired) electrons. The van der Waals surface area contributed by atoms with E-state index in [0.717, 1.165) is 24.0 Å². The second-order valence-electron chi connectivity index (χ2n) is 4.95. The molecule has 1 fully saturated rings. The Morgan fingerprint density at radius 2 is 2.05 bits per heavy atom. The van der Waals surface area contributed by atoms with Gasteiger partial charge in [-0.25, -0.2) is 0 Å². The Morgan fingerprint density at radius 3 is 2.47 bits per heavy atom. The SMILES string of the molecule is COc1cc(C2(CC(=O)O)CC2)c(OC)c(Cl)c1C. The fourth-order valence-corrected chi connectivity index (χ4v) is 2.76. The molecular formula is C14H17ClO4. The van der Waals surface area contributed by atoms with Crippen molar-refractivity contribution in [1.29, 1.82) is 0 Å². The lowest BCUT2D eigenvalue weighted by Gasteiger charge is -2.21. The maximum atomic E-state index is 11.0. The monoisotopic (exact) mass is 284 g/mol. The molecule has 1 saturated carbocycles. The van der Waals surface area contributed by atoms with Gasteiger partial charge in [0.05, 0.1) is 25.7 Å². The Kier molecular flexibility index (Phi) is 3.63. The fourth-order valence-electron chi connectivity index (χ4n) is 2.49. The molecule has 1 aromatic carbocycles. The first-order chi connectivity index (χ1) is 8.95. The number of carbonyl (C=O) groups is 1. The van der Waals surface area contributed by atoms with Crippen molar-refractivity contribution in [3.8, 4) is 11.5 Å². The number of aliphatic carboxylic acids is 1. The van der Waals surface area contributed by atoms with E-state index in [9.17, 15) is 4.79 Å². The van der Waals surface area contributed by atoms with E-state index in [1.165, 1.54) is 0 Å². The minimum Gasteiger partial charge on any atom is -0.496 e. The van der Waals surface area contributed by atoms with Gasteiger partial charge < -0.3 is 14.6 Å². The van der Waals surface area contributed by atoms with Gasteiger partial charge in [0.2, 0.25) is 0 Å². The van der Waals surface area contributed by atoms with E-state index in [1.807, 2.05) is 13.0 Å². The summed E-state index contributed by atoms with van der Waals surface area (Å²) in [7, 11) is 3.12. The highest BCUT2D eigenvalue weighted by atomic mass is 35.5. The van der Waals surface area contributed by atoms with E-state index >= 15 is 0 Å². The van der Waals surface area contributed by atoms with Crippen LogP contribution in [-0.2, 0) is 10.2 Å². The van der Waals surface area contributed by atoms with E-state index in [-0.39, 0.29) is 11.8 Å². The van der Waals surface area contributed by atoms with Crippen LogP contribution < -0.4 is 9.47 Å². The molecule has 1 N–H and O–H groups in total. The van der Waals surface area contributed by atoms with Crippen LogP contribution in [0.5, 0.6) is 11.5 Å². The molecule has 1 aliphatic carbocycles. The molecule has 104 valence electrons. The van der Waals surface area contributed by atoms with Crippen LogP contribution in [0.4, 0.5) is 0 Å². The molecule has 19 heavy (non-hydrogen) atoms. The lowest BCUT2D eigenvalue weighted by Crippen LogP contribution is -2.15. The lowest BCUT2D eigenvalue weighted by molar-refractivity contribution is -0.137. The largest absolute Gasteiger partial charge is 0.496 e. The standard InChI is InChI=1S/C14H17ClO4/c1-8-10(18-2)6-9(13(19-3)12(8)15)14(4-5-14)7-11(16)17/h6H,4-5,7H2,1-3H3,(H,16,17). The van der Waals surface area contributed by atoms with Crippen LogP contribution in [0.3, 0.4) is 0 Å². The summed E-state index contributed by atoms with van der Waals surface area (Å²) in [5.41, 5.74) is 1.28. The molecule has 1 aromatic rings. The van der Waals surface area contributed by atoms with Gasteiger partial charge >= 0.3 is 5.97 Å². The summed E-state index contributed by atoms with van der Waals surface area (Å²) in [5.74, 6) is 0.423. The molecule has 0 bridgehead atoms. The third-order valence-electron chi connectivity index (χ3n) is 3.76. The van der Waals surface area contributed by atoms with Gasteiger partial charge in [0.25, 0.3) is 0 Å². The first-order valence-electron chi connectivity index (χ1n) is 6.08. The van der Waals surface area contributed by atoms with Crippen molar-refractivity contribution in [3.63, 3.8) is 0 Å². The first-order valence-corrected chi connectivity index (χ1v) is 6.46. The zero-order valence-corrected chi connectivity index (χ0v) is 12.0. The molecule has 0 spiro atoms. The molecule has 0 aromatic heterocycles. The van der Waals surface area contributed by atoms with E-state index in [1.54, 1.807) is 14.2 Å². The van der Waals surface area contributed by atoms with Crippen LogP contribution in [-0.4, -0.2) is 25.3 Å². The summed E-state index contributed by atoms with van der Waals surface area (Å²) < 4.78 is 10.7. The first kappa shape index (κ1) is 14.0. The number of carboxylic acid groups (broad SMARTS) is 1. The number of carboxylic acids is 1. The third kappa shape index (κ3) is 2.37. The Hall–Kier alpha value is -1.42. The molecule has 5 heteroatoms. The van der Waals surface area contributed by atoms with Crippen molar-refractivity contribution in [3.05, 3.63) is 22.2 Å². The van der Waals surface area contributed by atoms with E-state index < -0.39 is 5.97 Å². The highest BCUT2D eigenvalue weighted by Crippen LogP contribution is 2.56. The number of ether oxygens (including phenoxy) is 2. The van der Waals surface area contributed by atoms with E-state index in [2.05, 4.69) is 0 Å². The zero-order chi connectivity index (χ0) is 14.2. The molecule has 0 atom stereocenters. The highest BCUT2D eigenvalue weighted by molar-refractivity contribution is 6.33. The Bertz CT molecular complexity index is 521. The van der Waals surface area contributed by atoms with Crippen LogP contribution in [0.15, 0.2) is 6.07 Å². The molecule has 0 saturated heterocycles. The summed E-state index contributed by atoms with van der Waals surface area (Å²) in [6, 6.07) is 1.86. The Balaban J connectivity index is 2.56. The number of hydrogen-bond donors (Lipinski definition) is 1. The third-order valence-corrected chi connectivity index (χ3v) is 4.21. The van der Waals surface area contributed by atoms with Gasteiger partial charge in [0.15, 0.2) is 0 Å². The summed E-state index contributed by atoms with van der Waals surface area (Å²) in [4.78, 5) is 11.0. The number of rotatable bonds is 5. The van der Waals surface area contributed by atoms with Crippen molar-refractivity contribution in [2.45, 2.75) is 31.6 Å². The molecule has 0 amide bonds. The molecule has 2 rings (SSSR count).